The molecule has 0 radical (unpaired) electrons. The minimum atomic E-state index is 0.655. The number of nitrogens with two attached hydrogens (primary N) is 1. The number of unbranched alkanes of at least 4 members (excludes halogenated alkanes) is 5. The minimum absolute atomic E-state index is 0.655. The number of allylic oxidation sites excluding steroid dienone is 1. The normalized spacial score (nSPS) is 11.4. The molecule has 0 aromatic carbocycles. The molecule has 3 heteroatoms. The first kappa shape index (κ1) is 12.8. The number of nitrogens with zero attached hydrogens (tertiary/aromatic N) is 1. The summed E-state index contributed by atoms with van der Waals surface area (Å²) in [5, 5.41) is 3.80. The van der Waals surface area contributed by atoms with E-state index in [0.29, 0.717) is 11.4 Å². The van der Waals surface area contributed by atoms with Gasteiger partial charge < -0.3 is 10.3 Å². The Balaban J connectivity index is 2.20. The molecule has 0 saturated heterocycles. The van der Waals surface area contributed by atoms with Crippen LogP contribution in [0.15, 0.2) is 10.6 Å². The van der Waals surface area contributed by atoms with E-state index < -0.39 is 0 Å². The summed E-state index contributed by atoms with van der Waals surface area (Å²) >= 11 is 0. The van der Waals surface area contributed by atoms with Crippen LogP contribution in [-0.2, 0) is 0 Å². The Morgan fingerprint density at radius 3 is 2.62 bits per heavy atom. The second-order valence-electron chi connectivity index (χ2n) is 4.15. The third-order valence-corrected chi connectivity index (χ3v) is 2.68. The molecule has 90 valence electrons. The summed E-state index contributed by atoms with van der Waals surface area (Å²) in [7, 11) is 0. The number of anilines is 1. The fraction of sp³-hybridized carbons (Fsp3) is 0.615. The van der Waals surface area contributed by atoms with Crippen LogP contribution in [-0.4, -0.2) is 5.16 Å². The molecule has 1 aromatic rings. The van der Waals surface area contributed by atoms with Crippen molar-refractivity contribution in [1.29, 1.82) is 0 Å². The first-order valence-corrected chi connectivity index (χ1v) is 6.14. The molecular formula is C13H22N2O. The number of aromatic nitrogens is 1. The smallest absolute Gasteiger partial charge is 0.182 e. The van der Waals surface area contributed by atoms with E-state index in [-0.39, 0.29) is 0 Å². The maximum absolute atomic E-state index is 5.78. The topological polar surface area (TPSA) is 52.0 Å². The average Bonchev–Trinajstić information content (AvgIpc) is 2.59. The molecule has 16 heavy (non-hydrogen) atoms. The summed E-state index contributed by atoms with van der Waals surface area (Å²) < 4.78 is 5.08. The molecule has 0 unspecified atom stereocenters. The van der Waals surface area contributed by atoms with Crippen molar-refractivity contribution in [3.8, 4) is 0 Å². The standard InChI is InChI=1S/C13H22N2O/c1-3-4-5-6-7-8-9-10-12-13(14)11(2)15-16-12/h9-10H,3-8,14H2,1-2H3/b10-9+. The van der Waals surface area contributed by atoms with Crippen LogP contribution in [0.3, 0.4) is 0 Å². The van der Waals surface area contributed by atoms with E-state index in [2.05, 4.69) is 18.2 Å². The number of hydrogen-bond donors (Lipinski definition) is 1. The lowest BCUT2D eigenvalue weighted by Gasteiger charge is -1.95. The van der Waals surface area contributed by atoms with Crippen LogP contribution in [0.4, 0.5) is 5.69 Å². The van der Waals surface area contributed by atoms with Gasteiger partial charge in [0.2, 0.25) is 0 Å². The first-order valence-electron chi connectivity index (χ1n) is 6.14. The molecule has 3 nitrogen and oxygen atoms in total. The highest BCUT2D eigenvalue weighted by Crippen LogP contribution is 2.17. The van der Waals surface area contributed by atoms with Crippen molar-refractivity contribution in [2.75, 3.05) is 5.73 Å². The van der Waals surface area contributed by atoms with Crippen molar-refractivity contribution < 1.29 is 4.52 Å². The van der Waals surface area contributed by atoms with Crippen molar-refractivity contribution in [3.63, 3.8) is 0 Å². The second kappa shape index (κ2) is 7.09. The average molecular weight is 222 g/mol. The summed E-state index contributed by atoms with van der Waals surface area (Å²) in [6.45, 7) is 4.08. The van der Waals surface area contributed by atoms with Gasteiger partial charge in [0, 0.05) is 0 Å². The van der Waals surface area contributed by atoms with Crippen molar-refractivity contribution in [2.24, 2.45) is 0 Å². The summed E-state index contributed by atoms with van der Waals surface area (Å²) in [5.74, 6) is 0.686. The highest BCUT2D eigenvalue weighted by molar-refractivity contribution is 5.60. The summed E-state index contributed by atoms with van der Waals surface area (Å²) in [6.07, 6.45) is 11.7. The fourth-order valence-corrected chi connectivity index (χ4v) is 1.57. The van der Waals surface area contributed by atoms with Crippen LogP contribution in [0.1, 0.15) is 56.9 Å². The molecule has 2 N–H and O–H groups in total. The molecule has 1 aromatic heterocycles. The molecule has 0 saturated carbocycles. The third-order valence-electron chi connectivity index (χ3n) is 2.68. The Kier molecular flexibility index (Phi) is 5.68. The first-order chi connectivity index (χ1) is 7.75. The van der Waals surface area contributed by atoms with Gasteiger partial charge >= 0.3 is 0 Å². The van der Waals surface area contributed by atoms with Crippen molar-refractivity contribution in [2.45, 2.75) is 52.4 Å². The van der Waals surface area contributed by atoms with Gasteiger partial charge in [0.05, 0.1) is 0 Å². The van der Waals surface area contributed by atoms with Crippen LogP contribution in [0.5, 0.6) is 0 Å². The lowest BCUT2D eigenvalue weighted by Crippen LogP contribution is -1.86. The van der Waals surface area contributed by atoms with E-state index in [1.165, 1.54) is 32.1 Å². The van der Waals surface area contributed by atoms with Gasteiger partial charge in [-0.05, 0) is 25.8 Å². The third kappa shape index (κ3) is 4.09. The molecule has 0 aliphatic carbocycles. The van der Waals surface area contributed by atoms with Gasteiger partial charge in [-0.2, -0.15) is 0 Å². The highest BCUT2D eigenvalue weighted by atomic mass is 16.5. The Bertz CT molecular complexity index is 329. The summed E-state index contributed by atoms with van der Waals surface area (Å²) in [5.41, 5.74) is 7.20. The van der Waals surface area contributed by atoms with Gasteiger partial charge in [-0.25, -0.2) is 0 Å². The molecule has 0 aliphatic rings. The van der Waals surface area contributed by atoms with E-state index >= 15 is 0 Å². The fourth-order valence-electron chi connectivity index (χ4n) is 1.57. The van der Waals surface area contributed by atoms with Crippen LogP contribution < -0.4 is 5.73 Å². The quantitative estimate of drug-likeness (QED) is 0.711. The summed E-state index contributed by atoms with van der Waals surface area (Å²) in [6, 6.07) is 0. The maximum atomic E-state index is 5.78. The number of hydrogen-bond acceptors (Lipinski definition) is 3. The molecule has 0 aliphatic heterocycles. The van der Waals surface area contributed by atoms with Crippen LogP contribution in [0.25, 0.3) is 6.08 Å². The largest absolute Gasteiger partial charge is 0.394 e. The number of nitrogen functional groups attached to an aromatic ring is 1. The number of aryl methyl sites for hydroxylation is 1. The Morgan fingerprint density at radius 2 is 2.00 bits per heavy atom. The summed E-state index contributed by atoms with van der Waals surface area (Å²) in [4.78, 5) is 0. The lowest BCUT2D eigenvalue weighted by molar-refractivity contribution is 0.408. The molecule has 1 rings (SSSR count). The SMILES string of the molecule is CCCCCCC/C=C/c1onc(C)c1N. The zero-order chi connectivity index (χ0) is 11.8. The van der Waals surface area contributed by atoms with Gasteiger partial charge in [-0.15, -0.1) is 0 Å². The zero-order valence-corrected chi connectivity index (χ0v) is 10.3. The van der Waals surface area contributed by atoms with E-state index in [9.17, 15) is 0 Å². The van der Waals surface area contributed by atoms with Crippen molar-refractivity contribution >= 4 is 11.8 Å². The molecule has 0 spiro atoms. The zero-order valence-electron chi connectivity index (χ0n) is 10.3. The molecule has 0 atom stereocenters. The van der Waals surface area contributed by atoms with Crippen molar-refractivity contribution in [3.05, 3.63) is 17.5 Å². The van der Waals surface area contributed by atoms with E-state index in [0.717, 1.165) is 12.1 Å². The lowest BCUT2D eigenvalue weighted by atomic mass is 10.1. The Hall–Kier alpha value is -1.25. The maximum Gasteiger partial charge on any atom is 0.182 e. The van der Waals surface area contributed by atoms with Crippen LogP contribution in [0.2, 0.25) is 0 Å². The van der Waals surface area contributed by atoms with Crippen LogP contribution >= 0.6 is 0 Å². The molecular weight excluding hydrogens is 200 g/mol. The van der Waals surface area contributed by atoms with Gasteiger partial charge in [0.15, 0.2) is 5.76 Å². The van der Waals surface area contributed by atoms with Gasteiger partial charge in [-0.1, -0.05) is 43.8 Å². The minimum Gasteiger partial charge on any atom is -0.394 e. The monoisotopic (exact) mass is 222 g/mol. The van der Waals surface area contributed by atoms with Crippen molar-refractivity contribution in [1.82, 2.24) is 5.16 Å². The second-order valence-corrected chi connectivity index (χ2v) is 4.15. The molecule has 0 fully saturated rings. The van der Waals surface area contributed by atoms with E-state index in [4.69, 9.17) is 10.3 Å². The molecule has 1 heterocycles. The van der Waals surface area contributed by atoms with Crippen LogP contribution in [0, 0.1) is 6.92 Å². The van der Waals surface area contributed by atoms with E-state index in [1.807, 2.05) is 13.0 Å². The Labute approximate surface area is 97.7 Å². The molecule has 0 bridgehead atoms. The van der Waals surface area contributed by atoms with Gasteiger partial charge in [-0.3, -0.25) is 0 Å². The highest BCUT2D eigenvalue weighted by Gasteiger charge is 2.04. The van der Waals surface area contributed by atoms with Gasteiger partial charge in [0.1, 0.15) is 11.4 Å². The number of rotatable bonds is 7. The predicted molar refractivity (Wildman–Crippen MR) is 68.1 cm³/mol. The molecule has 0 amide bonds. The Morgan fingerprint density at radius 1 is 1.25 bits per heavy atom. The van der Waals surface area contributed by atoms with Gasteiger partial charge in [0.25, 0.3) is 0 Å². The van der Waals surface area contributed by atoms with E-state index in [1.54, 1.807) is 0 Å². The predicted octanol–water partition coefficient (Wildman–Crippen LogP) is 3.94.